The highest BCUT2D eigenvalue weighted by atomic mass is 16.3. The summed E-state index contributed by atoms with van der Waals surface area (Å²) >= 11 is 0. The van der Waals surface area contributed by atoms with E-state index >= 15 is 0 Å². The van der Waals surface area contributed by atoms with Crippen LogP contribution in [-0.4, -0.2) is 52.4 Å². The molecule has 4 rings (SSSR count). The molecule has 3 aromatic rings. The van der Waals surface area contributed by atoms with Gasteiger partial charge in [0, 0.05) is 60.9 Å². The van der Waals surface area contributed by atoms with Gasteiger partial charge in [-0.2, -0.15) is 0 Å². The molecule has 0 spiro atoms. The van der Waals surface area contributed by atoms with Crippen LogP contribution in [0.15, 0.2) is 59.5 Å². The van der Waals surface area contributed by atoms with Crippen molar-refractivity contribution in [3.63, 3.8) is 0 Å². The summed E-state index contributed by atoms with van der Waals surface area (Å²) in [6.45, 7) is 1.81. The number of carbonyl (C=O) groups is 1. The zero-order chi connectivity index (χ0) is 23.9. The standard InChI is InChI=1S/C26H30N4O4/c31-16-18(17-32)13-21-5-4-6-23(28-21)20-14-24(26(34)27-15-20)29-25(33)19-7-9-22(10-8-19)30-11-2-1-3-12-30/h4-10,14-15,18,31-32H,1-3,11-13,16-17H2,(H,27,34)(H,29,33). The predicted molar refractivity (Wildman–Crippen MR) is 132 cm³/mol. The lowest BCUT2D eigenvalue weighted by Gasteiger charge is -2.28. The molecule has 8 nitrogen and oxygen atoms in total. The second kappa shape index (κ2) is 11.1. The van der Waals surface area contributed by atoms with E-state index in [1.54, 1.807) is 30.5 Å². The number of carbonyl (C=O) groups excluding carboxylic acids is 1. The molecular formula is C26H30N4O4. The van der Waals surface area contributed by atoms with E-state index < -0.39 is 5.56 Å². The van der Waals surface area contributed by atoms with Crippen molar-refractivity contribution in [1.29, 1.82) is 0 Å². The Hall–Kier alpha value is -3.49. The van der Waals surface area contributed by atoms with Crippen molar-refractivity contribution in [1.82, 2.24) is 9.97 Å². The average molecular weight is 463 g/mol. The van der Waals surface area contributed by atoms with Crippen molar-refractivity contribution in [3.05, 3.63) is 76.3 Å². The van der Waals surface area contributed by atoms with Crippen LogP contribution >= 0.6 is 0 Å². The molecule has 0 atom stereocenters. The summed E-state index contributed by atoms with van der Waals surface area (Å²) in [5.41, 5.74) is 3.29. The number of aromatic nitrogens is 2. The first-order valence-electron chi connectivity index (χ1n) is 11.6. The fraction of sp³-hybridized carbons (Fsp3) is 0.346. The molecule has 1 aliphatic heterocycles. The summed E-state index contributed by atoms with van der Waals surface area (Å²) < 4.78 is 0. The third kappa shape index (κ3) is 5.70. The number of amides is 1. The van der Waals surface area contributed by atoms with Crippen molar-refractivity contribution in [2.24, 2.45) is 5.92 Å². The van der Waals surface area contributed by atoms with Gasteiger partial charge >= 0.3 is 0 Å². The van der Waals surface area contributed by atoms with Gasteiger partial charge in [0.15, 0.2) is 0 Å². The van der Waals surface area contributed by atoms with Gasteiger partial charge in [0.2, 0.25) is 0 Å². The van der Waals surface area contributed by atoms with E-state index in [4.69, 9.17) is 0 Å². The molecule has 1 amide bonds. The Balaban J connectivity index is 1.49. The molecule has 2 aromatic heterocycles. The van der Waals surface area contributed by atoms with Crippen LogP contribution in [0.3, 0.4) is 0 Å². The van der Waals surface area contributed by atoms with Gasteiger partial charge in [-0.1, -0.05) is 6.07 Å². The van der Waals surface area contributed by atoms with Crippen LogP contribution in [0.25, 0.3) is 11.3 Å². The van der Waals surface area contributed by atoms with Crippen LogP contribution in [0.1, 0.15) is 35.3 Å². The second-order valence-electron chi connectivity index (χ2n) is 8.63. The molecule has 0 saturated carbocycles. The number of piperidine rings is 1. The van der Waals surface area contributed by atoms with Crippen LogP contribution in [0, 0.1) is 5.92 Å². The maximum Gasteiger partial charge on any atom is 0.271 e. The number of aliphatic hydroxyl groups is 2. The number of anilines is 2. The number of hydrogen-bond donors (Lipinski definition) is 4. The molecule has 1 saturated heterocycles. The summed E-state index contributed by atoms with van der Waals surface area (Å²) in [6, 6.07) is 14.5. The van der Waals surface area contributed by atoms with Crippen molar-refractivity contribution in [2.75, 3.05) is 36.5 Å². The molecule has 0 radical (unpaired) electrons. The first-order valence-corrected chi connectivity index (χ1v) is 11.6. The van der Waals surface area contributed by atoms with Crippen molar-refractivity contribution >= 4 is 17.3 Å². The van der Waals surface area contributed by atoms with E-state index in [9.17, 15) is 19.8 Å². The third-order valence-corrected chi connectivity index (χ3v) is 6.12. The van der Waals surface area contributed by atoms with Gasteiger partial charge in [-0.25, -0.2) is 0 Å². The first kappa shape index (κ1) is 23.7. The minimum atomic E-state index is -0.404. The smallest absolute Gasteiger partial charge is 0.271 e. The summed E-state index contributed by atoms with van der Waals surface area (Å²) in [5, 5.41) is 21.4. The number of H-pyrrole nitrogens is 1. The number of aliphatic hydroxyl groups excluding tert-OH is 2. The average Bonchev–Trinajstić information content (AvgIpc) is 2.89. The number of nitrogens with zero attached hydrogens (tertiary/aromatic N) is 2. The molecule has 0 aliphatic carbocycles. The lowest BCUT2D eigenvalue weighted by atomic mass is 10.0. The SMILES string of the molecule is O=C(Nc1cc(-c2cccc(CC(CO)CO)n2)c[nH]c1=O)c1ccc(N2CCCCC2)cc1. The largest absolute Gasteiger partial charge is 0.396 e. The Morgan fingerprint density at radius 1 is 1.06 bits per heavy atom. The number of rotatable bonds is 8. The van der Waals surface area contributed by atoms with Gasteiger partial charge < -0.3 is 25.4 Å². The monoisotopic (exact) mass is 462 g/mol. The number of pyridine rings is 2. The zero-order valence-electron chi connectivity index (χ0n) is 19.0. The summed E-state index contributed by atoms with van der Waals surface area (Å²) in [4.78, 5) is 34.7. The fourth-order valence-corrected chi connectivity index (χ4v) is 4.13. The van der Waals surface area contributed by atoms with Crippen LogP contribution in [0.5, 0.6) is 0 Å². The van der Waals surface area contributed by atoms with E-state index in [2.05, 4.69) is 20.2 Å². The highest BCUT2D eigenvalue weighted by molar-refractivity contribution is 6.04. The van der Waals surface area contributed by atoms with E-state index in [1.807, 2.05) is 24.3 Å². The molecule has 1 aliphatic rings. The van der Waals surface area contributed by atoms with Gasteiger partial charge in [-0.05, 0) is 68.1 Å². The van der Waals surface area contributed by atoms with Crippen molar-refractivity contribution < 1.29 is 15.0 Å². The molecule has 0 unspecified atom stereocenters. The molecule has 34 heavy (non-hydrogen) atoms. The Morgan fingerprint density at radius 3 is 2.50 bits per heavy atom. The van der Waals surface area contributed by atoms with Gasteiger partial charge in [-0.3, -0.25) is 14.6 Å². The van der Waals surface area contributed by atoms with E-state index in [0.717, 1.165) is 24.5 Å². The quantitative estimate of drug-likeness (QED) is 0.409. The lowest BCUT2D eigenvalue weighted by Crippen LogP contribution is -2.29. The van der Waals surface area contributed by atoms with Crippen LogP contribution in [0.4, 0.5) is 11.4 Å². The Labute approximate surface area is 198 Å². The second-order valence-corrected chi connectivity index (χ2v) is 8.63. The molecular weight excluding hydrogens is 432 g/mol. The van der Waals surface area contributed by atoms with E-state index in [0.29, 0.717) is 23.2 Å². The number of hydrogen-bond acceptors (Lipinski definition) is 6. The van der Waals surface area contributed by atoms with Crippen LogP contribution < -0.4 is 15.8 Å². The maximum atomic E-state index is 12.8. The van der Waals surface area contributed by atoms with Gasteiger partial charge in [0.05, 0.1) is 5.69 Å². The highest BCUT2D eigenvalue weighted by Crippen LogP contribution is 2.22. The summed E-state index contributed by atoms with van der Waals surface area (Å²) in [6.07, 6.45) is 5.61. The summed E-state index contributed by atoms with van der Waals surface area (Å²) in [5.74, 6) is -0.641. The van der Waals surface area contributed by atoms with E-state index in [-0.39, 0.29) is 30.7 Å². The molecule has 1 fully saturated rings. The fourth-order valence-electron chi connectivity index (χ4n) is 4.13. The first-order chi connectivity index (χ1) is 16.6. The Kier molecular flexibility index (Phi) is 7.72. The molecule has 8 heteroatoms. The topological polar surface area (TPSA) is 119 Å². The van der Waals surface area contributed by atoms with Crippen molar-refractivity contribution in [2.45, 2.75) is 25.7 Å². The third-order valence-electron chi connectivity index (χ3n) is 6.12. The van der Waals surface area contributed by atoms with Crippen LogP contribution in [-0.2, 0) is 6.42 Å². The van der Waals surface area contributed by atoms with E-state index in [1.165, 1.54) is 19.3 Å². The number of nitrogens with one attached hydrogen (secondary N) is 2. The minimum Gasteiger partial charge on any atom is -0.396 e. The molecule has 0 bridgehead atoms. The van der Waals surface area contributed by atoms with Gasteiger partial charge in [0.25, 0.3) is 11.5 Å². The summed E-state index contributed by atoms with van der Waals surface area (Å²) in [7, 11) is 0. The Morgan fingerprint density at radius 2 is 1.79 bits per heavy atom. The minimum absolute atomic E-state index is 0.129. The highest BCUT2D eigenvalue weighted by Gasteiger charge is 2.14. The molecule has 1 aromatic carbocycles. The number of aromatic amines is 1. The number of benzene rings is 1. The lowest BCUT2D eigenvalue weighted by molar-refractivity contribution is 0.102. The Bertz CT molecular complexity index is 1170. The molecule has 178 valence electrons. The molecule has 4 N–H and O–H groups in total. The maximum absolute atomic E-state index is 12.8. The molecule has 3 heterocycles. The van der Waals surface area contributed by atoms with Gasteiger partial charge in [-0.15, -0.1) is 0 Å². The van der Waals surface area contributed by atoms with Crippen LogP contribution in [0.2, 0.25) is 0 Å². The predicted octanol–water partition coefficient (Wildman–Crippen LogP) is 2.82. The normalized spacial score (nSPS) is 13.8. The van der Waals surface area contributed by atoms with Gasteiger partial charge in [0.1, 0.15) is 5.69 Å². The van der Waals surface area contributed by atoms with Crippen molar-refractivity contribution in [3.8, 4) is 11.3 Å². The zero-order valence-corrected chi connectivity index (χ0v) is 19.0.